The number of nitrogens with zero attached hydrogens (tertiary/aromatic N) is 2. The minimum absolute atomic E-state index is 0.0821. The lowest BCUT2D eigenvalue weighted by molar-refractivity contribution is -0.384. The summed E-state index contributed by atoms with van der Waals surface area (Å²) >= 11 is 1.30. The summed E-state index contributed by atoms with van der Waals surface area (Å²) in [5.41, 5.74) is 1.22. The maximum Gasteiger partial charge on any atom is 0.294 e. The topological polar surface area (TPSA) is 84.6 Å². The summed E-state index contributed by atoms with van der Waals surface area (Å²) in [6.45, 7) is 0. The Hall–Kier alpha value is -2.67. The first-order valence-corrected chi connectivity index (χ1v) is 7.85. The van der Waals surface area contributed by atoms with Gasteiger partial charge in [0.15, 0.2) is 5.17 Å². The predicted molar refractivity (Wildman–Crippen MR) is 89.9 cm³/mol. The fourth-order valence-corrected chi connectivity index (χ4v) is 3.26. The zero-order valence-electron chi connectivity index (χ0n) is 12.0. The highest BCUT2D eigenvalue weighted by Gasteiger charge is 2.30. The number of benzene rings is 2. The number of hydrogen-bond donors (Lipinski definition) is 1. The molecule has 2 aromatic carbocycles. The van der Waals surface area contributed by atoms with Crippen molar-refractivity contribution in [3.8, 4) is 0 Å². The van der Waals surface area contributed by atoms with E-state index in [1.807, 2.05) is 30.3 Å². The highest BCUT2D eigenvalue weighted by atomic mass is 32.2. The van der Waals surface area contributed by atoms with Crippen molar-refractivity contribution in [2.24, 2.45) is 4.99 Å². The highest BCUT2D eigenvalue weighted by molar-refractivity contribution is 8.15. The summed E-state index contributed by atoms with van der Waals surface area (Å²) in [6.07, 6.45) is 0.591. The fourth-order valence-electron chi connectivity index (χ4n) is 2.24. The monoisotopic (exact) mass is 327 g/mol. The molecular formula is C16H13N3O3S. The predicted octanol–water partition coefficient (Wildman–Crippen LogP) is 3.06. The van der Waals surface area contributed by atoms with Gasteiger partial charge < -0.3 is 5.32 Å². The molecule has 0 saturated carbocycles. The Morgan fingerprint density at radius 3 is 2.57 bits per heavy atom. The van der Waals surface area contributed by atoms with Gasteiger partial charge in [-0.1, -0.05) is 54.2 Å². The van der Waals surface area contributed by atoms with Crippen LogP contribution in [-0.2, 0) is 11.2 Å². The first-order chi connectivity index (χ1) is 11.1. The Morgan fingerprint density at radius 1 is 1.13 bits per heavy atom. The summed E-state index contributed by atoms with van der Waals surface area (Å²) in [6, 6.07) is 15.9. The van der Waals surface area contributed by atoms with Crippen LogP contribution in [0.2, 0.25) is 0 Å². The van der Waals surface area contributed by atoms with Crippen molar-refractivity contribution in [2.45, 2.75) is 11.7 Å². The normalized spacial score (nSPS) is 18.9. The van der Waals surface area contributed by atoms with Gasteiger partial charge in [0.1, 0.15) is 5.69 Å². The fraction of sp³-hybridized carbons (Fsp3) is 0.125. The lowest BCUT2D eigenvalue weighted by atomic mass is 10.1. The maximum atomic E-state index is 12.1. The second-order valence-electron chi connectivity index (χ2n) is 4.95. The number of amides is 1. The molecule has 1 aliphatic rings. The second-order valence-corrected chi connectivity index (χ2v) is 6.14. The maximum absolute atomic E-state index is 12.1. The van der Waals surface area contributed by atoms with Crippen LogP contribution in [-0.4, -0.2) is 21.2 Å². The smallest absolute Gasteiger partial charge is 0.294 e. The van der Waals surface area contributed by atoms with E-state index in [9.17, 15) is 14.9 Å². The average Bonchev–Trinajstić information content (AvgIpc) is 2.88. The molecule has 116 valence electrons. The number of aliphatic imine (C=N–C) groups is 1. The Labute approximate surface area is 136 Å². The van der Waals surface area contributed by atoms with Crippen LogP contribution >= 0.6 is 11.8 Å². The Bertz CT molecular complexity index is 777. The molecule has 0 bridgehead atoms. The van der Waals surface area contributed by atoms with Crippen LogP contribution in [0.25, 0.3) is 0 Å². The molecule has 7 heteroatoms. The first kappa shape index (κ1) is 15.2. The van der Waals surface area contributed by atoms with Gasteiger partial charge >= 0.3 is 0 Å². The van der Waals surface area contributed by atoms with Crippen LogP contribution in [0.5, 0.6) is 0 Å². The lowest BCUT2D eigenvalue weighted by Gasteiger charge is -2.04. The number of carbonyl (C=O) groups excluding carboxylic acids is 1. The van der Waals surface area contributed by atoms with E-state index < -0.39 is 4.92 Å². The minimum atomic E-state index is -0.484. The molecule has 1 aliphatic heterocycles. The number of nitro groups is 1. The van der Waals surface area contributed by atoms with Gasteiger partial charge in [-0.3, -0.25) is 14.9 Å². The van der Waals surface area contributed by atoms with Crippen LogP contribution in [0.1, 0.15) is 5.56 Å². The quantitative estimate of drug-likeness (QED) is 0.691. The van der Waals surface area contributed by atoms with E-state index in [-0.39, 0.29) is 22.5 Å². The number of para-hydroxylation sites is 2. The number of thioether (sulfide) groups is 1. The van der Waals surface area contributed by atoms with Crippen molar-refractivity contribution >= 4 is 34.2 Å². The molecule has 1 heterocycles. The number of nitrogens with one attached hydrogen (secondary N) is 1. The van der Waals surface area contributed by atoms with E-state index in [0.29, 0.717) is 11.6 Å². The number of hydrogen-bond acceptors (Lipinski definition) is 5. The molecule has 0 radical (unpaired) electrons. The molecule has 0 aromatic heterocycles. The molecule has 3 rings (SSSR count). The SMILES string of the molecule is O=C1NC(=Nc2ccccc2[N+](=O)[O-])S[C@H]1Cc1ccccc1. The number of amidine groups is 1. The van der Waals surface area contributed by atoms with Crippen molar-refractivity contribution in [1.29, 1.82) is 0 Å². The van der Waals surface area contributed by atoms with Crippen molar-refractivity contribution in [2.75, 3.05) is 0 Å². The summed E-state index contributed by atoms with van der Waals surface area (Å²) in [4.78, 5) is 26.8. The zero-order valence-corrected chi connectivity index (χ0v) is 12.8. The van der Waals surface area contributed by atoms with Crippen LogP contribution in [0.4, 0.5) is 11.4 Å². The molecule has 0 unspecified atom stereocenters. The van der Waals surface area contributed by atoms with Crippen molar-refractivity contribution in [1.82, 2.24) is 5.32 Å². The second kappa shape index (κ2) is 6.62. The molecule has 0 aliphatic carbocycles. The molecule has 1 amide bonds. The van der Waals surface area contributed by atoms with Crippen molar-refractivity contribution in [3.05, 3.63) is 70.3 Å². The summed E-state index contributed by atoms with van der Waals surface area (Å²) in [5.74, 6) is -0.129. The molecule has 23 heavy (non-hydrogen) atoms. The average molecular weight is 327 g/mol. The third kappa shape index (κ3) is 3.57. The molecule has 1 saturated heterocycles. The third-order valence-electron chi connectivity index (χ3n) is 3.34. The number of rotatable bonds is 4. The zero-order chi connectivity index (χ0) is 16.2. The van der Waals surface area contributed by atoms with E-state index in [1.54, 1.807) is 18.2 Å². The van der Waals surface area contributed by atoms with Gasteiger partial charge in [0.25, 0.3) is 5.69 Å². The Balaban J connectivity index is 1.78. The highest BCUT2D eigenvalue weighted by Crippen LogP contribution is 2.30. The Kier molecular flexibility index (Phi) is 4.38. The van der Waals surface area contributed by atoms with Gasteiger partial charge in [0, 0.05) is 6.07 Å². The number of nitro benzene ring substituents is 1. The van der Waals surface area contributed by atoms with Crippen LogP contribution in [0.3, 0.4) is 0 Å². The van der Waals surface area contributed by atoms with E-state index in [1.165, 1.54) is 17.8 Å². The third-order valence-corrected chi connectivity index (χ3v) is 4.42. The van der Waals surface area contributed by atoms with E-state index >= 15 is 0 Å². The minimum Gasteiger partial charge on any atom is -0.304 e. The Morgan fingerprint density at radius 2 is 1.83 bits per heavy atom. The lowest BCUT2D eigenvalue weighted by Crippen LogP contribution is -2.25. The molecule has 6 nitrogen and oxygen atoms in total. The summed E-state index contributed by atoms with van der Waals surface area (Å²) in [5, 5.41) is 13.8. The standard InChI is InChI=1S/C16H13N3O3S/c20-15-14(10-11-6-2-1-3-7-11)23-16(18-15)17-12-8-4-5-9-13(12)19(21)22/h1-9,14H,10H2,(H,17,18,20)/t14-/m0/s1. The molecule has 1 atom stereocenters. The van der Waals surface area contributed by atoms with E-state index in [0.717, 1.165) is 5.56 Å². The molecule has 2 aromatic rings. The molecule has 0 spiro atoms. The molecular weight excluding hydrogens is 314 g/mol. The summed E-state index contributed by atoms with van der Waals surface area (Å²) in [7, 11) is 0. The van der Waals surface area contributed by atoms with Gasteiger partial charge in [-0.15, -0.1) is 0 Å². The number of carbonyl (C=O) groups is 1. The van der Waals surface area contributed by atoms with E-state index in [2.05, 4.69) is 10.3 Å². The largest absolute Gasteiger partial charge is 0.304 e. The van der Waals surface area contributed by atoms with Crippen molar-refractivity contribution in [3.63, 3.8) is 0 Å². The summed E-state index contributed by atoms with van der Waals surface area (Å²) < 4.78 is 0. The van der Waals surface area contributed by atoms with Gasteiger partial charge in [-0.2, -0.15) is 0 Å². The van der Waals surface area contributed by atoms with Crippen molar-refractivity contribution < 1.29 is 9.72 Å². The van der Waals surface area contributed by atoms with E-state index in [4.69, 9.17) is 0 Å². The first-order valence-electron chi connectivity index (χ1n) is 6.97. The molecule has 1 fully saturated rings. The van der Waals surface area contributed by atoms with Crippen LogP contribution in [0, 0.1) is 10.1 Å². The van der Waals surface area contributed by atoms with Gasteiger partial charge in [-0.25, -0.2) is 4.99 Å². The van der Waals surface area contributed by atoms with Crippen LogP contribution < -0.4 is 5.32 Å². The van der Waals surface area contributed by atoms with Crippen LogP contribution in [0.15, 0.2) is 59.6 Å². The van der Waals surface area contributed by atoms with Gasteiger partial charge in [0.05, 0.1) is 10.2 Å². The van der Waals surface area contributed by atoms with Gasteiger partial charge in [-0.05, 0) is 18.1 Å². The molecule has 1 N–H and O–H groups in total. The van der Waals surface area contributed by atoms with Gasteiger partial charge in [0.2, 0.25) is 5.91 Å².